The van der Waals surface area contributed by atoms with Crippen LogP contribution in [0.3, 0.4) is 0 Å². The van der Waals surface area contributed by atoms with Crippen LogP contribution in [0.25, 0.3) is 0 Å². The molecule has 1 aliphatic rings. The molecular formula is C22H28N4O3. The smallest absolute Gasteiger partial charge is 0.237 e. The molecule has 29 heavy (non-hydrogen) atoms. The van der Waals surface area contributed by atoms with Crippen LogP contribution in [0.2, 0.25) is 0 Å². The summed E-state index contributed by atoms with van der Waals surface area (Å²) >= 11 is 0. The minimum atomic E-state index is -0.489. The van der Waals surface area contributed by atoms with Gasteiger partial charge in [0, 0.05) is 25.3 Å². The number of carbonyl (C=O) groups is 2. The molecule has 0 bridgehead atoms. The maximum Gasteiger partial charge on any atom is 0.237 e. The van der Waals surface area contributed by atoms with Crippen molar-refractivity contribution in [3.63, 3.8) is 0 Å². The van der Waals surface area contributed by atoms with E-state index in [-0.39, 0.29) is 18.2 Å². The van der Waals surface area contributed by atoms with E-state index in [1.807, 2.05) is 44.2 Å². The Balaban J connectivity index is 1.62. The summed E-state index contributed by atoms with van der Waals surface area (Å²) in [6.07, 6.45) is 0.118. The summed E-state index contributed by atoms with van der Waals surface area (Å²) in [5.41, 5.74) is 3.85. The predicted octanol–water partition coefficient (Wildman–Crippen LogP) is 1.71. The average Bonchev–Trinajstić information content (AvgIpc) is 2.69. The zero-order valence-corrected chi connectivity index (χ0v) is 17.2. The number of hydrogen-bond donors (Lipinski definition) is 2. The number of pyridine rings is 1. The molecular weight excluding hydrogens is 368 g/mol. The van der Waals surface area contributed by atoms with Gasteiger partial charge in [0.25, 0.3) is 0 Å². The largest absolute Gasteiger partial charge is 0.496 e. The highest BCUT2D eigenvalue weighted by atomic mass is 16.5. The average molecular weight is 396 g/mol. The molecule has 1 aromatic carbocycles. The van der Waals surface area contributed by atoms with Crippen LogP contribution in [0.4, 0.5) is 0 Å². The third-order valence-corrected chi connectivity index (χ3v) is 5.08. The number of amides is 2. The zero-order chi connectivity index (χ0) is 20.8. The lowest BCUT2D eigenvalue weighted by molar-refractivity contribution is -0.134. The Morgan fingerprint density at radius 1 is 1.31 bits per heavy atom. The van der Waals surface area contributed by atoms with E-state index in [1.54, 1.807) is 7.11 Å². The Morgan fingerprint density at radius 3 is 2.86 bits per heavy atom. The van der Waals surface area contributed by atoms with Crippen molar-refractivity contribution in [2.75, 3.05) is 20.2 Å². The lowest BCUT2D eigenvalue weighted by atomic mass is 10.1. The molecule has 0 saturated carbocycles. The van der Waals surface area contributed by atoms with Gasteiger partial charge in [-0.2, -0.15) is 0 Å². The van der Waals surface area contributed by atoms with E-state index in [9.17, 15) is 9.59 Å². The van der Waals surface area contributed by atoms with Crippen molar-refractivity contribution in [3.05, 3.63) is 58.9 Å². The number of methoxy groups -OCH3 is 1. The van der Waals surface area contributed by atoms with Crippen LogP contribution in [0.1, 0.15) is 28.9 Å². The first-order chi connectivity index (χ1) is 14.0. The van der Waals surface area contributed by atoms with Gasteiger partial charge in [-0.3, -0.25) is 19.5 Å². The van der Waals surface area contributed by atoms with Crippen LogP contribution in [0, 0.1) is 13.8 Å². The highest BCUT2D eigenvalue weighted by Gasteiger charge is 2.31. The monoisotopic (exact) mass is 396 g/mol. The Hall–Kier alpha value is -2.93. The van der Waals surface area contributed by atoms with Gasteiger partial charge < -0.3 is 15.4 Å². The number of nitrogens with zero attached hydrogens (tertiary/aromatic N) is 2. The molecule has 2 N–H and O–H groups in total. The number of ether oxygens (including phenoxy) is 1. The Labute approximate surface area is 171 Å². The number of nitrogens with one attached hydrogen (secondary N) is 2. The van der Waals surface area contributed by atoms with Crippen LogP contribution < -0.4 is 15.4 Å². The highest BCUT2D eigenvalue weighted by molar-refractivity contribution is 5.88. The van der Waals surface area contributed by atoms with Crippen LogP contribution >= 0.6 is 0 Å². The van der Waals surface area contributed by atoms with Crippen molar-refractivity contribution in [1.29, 1.82) is 0 Å². The van der Waals surface area contributed by atoms with Crippen molar-refractivity contribution in [1.82, 2.24) is 20.5 Å². The molecule has 2 amide bonds. The van der Waals surface area contributed by atoms with Crippen molar-refractivity contribution >= 4 is 11.8 Å². The molecule has 154 valence electrons. The van der Waals surface area contributed by atoms with E-state index >= 15 is 0 Å². The maximum atomic E-state index is 12.5. The molecule has 1 saturated heterocycles. The molecule has 3 rings (SSSR count). The third-order valence-electron chi connectivity index (χ3n) is 5.08. The summed E-state index contributed by atoms with van der Waals surface area (Å²) in [6.45, 7) is 6.15. The molecule has 7 heteroatoms. The molecule has 2 aromatic rings. The van der Waals surface area contributed by atoms with E-state index in [0.29, 0.717) is 26.2 Å². The lowest BCUT2D eigenvalue weighted by Crippen LogP contribution is -2.56. The van der Waals surface area contributed by atoms with Gasteiger partial charge in [0.1, 0.15) is 5.75 Å². The van der Waals surface area contributed by atoms with Crippen molar-refractivity contribution in [2.24, 2.45) is 0 Å². The topological polar surface area (TPSA) is 83.6 Å². The van der Waals surface area contributed by atoms with E-state index in [0.717, 1.165) is 28.3 Å². The molecule has 1 atom stereocenters. The van der Waals surface area contributed by atoms with Gasteiger partial charge in [0.05, 0.1) is 31.8 Å². The number of benzene rings is 1. The molecule has 0 radical (unpaired) electrons. The molecule has 0 aliphatic carbocycles. The number of piperazine rings is 1. The van der Waals surface area contributed by atoms with E-state index < -0.39 is 6.04 Å². The highest BCUT2D eigenvalue weighted by Crippen LogP contribution is 2.21. The second kappa shape index (κ2) is 9.52. The number of aromatic nitrogens is 1. The number of aryl methyl sites for hydroxylation is 2. The predicted molar refractivity (Wildman–Crippen MR) is 110 cm³/mol. The number of hydrogen-bond acceptors (Lipinski definition) is 5. The third kappa shape index (κ3) is 5.54. The fourth-order valence-corrected chi connectivity index (χ4v) is 3.58. The summed E-state index contributed by atoms with van der Waals surface area (Å²) in [4.78, 5) is 31.4. The Morgan fingerprint density at radius 2 is 2.14 bits per heavy atom. The van der Waals surface area contributed by atoms with Gasteiger partial charge in [-0.25, -0.2) is 0 Å². The zero-order valence-electron chi connectivity index (χ0n) is 17.2. The van der Waals surface area contributed by atoms with Gasteiger partial charge >= 0.3 is 0 Å². The molecule has 1 aliphatic heterocycles. The Kier molecular flexibility index (Phi) is 6.82. The number of rotatable bonds is 7. The minimum Gasteiger partial charge on any atom is -0.496 e. The molecule has 0 spiro atoms. The molecule has 0 unspecified atom stereocenters. The van der Waals surface area contributed by atoms with Crippen molar-refractivity contribution < 1.29 is 14.3 Å². The van der Waals surface area contributed by atoms with Gasteiger partial charge in [-0.15, -0.1) is 0 Å². The second-order valence-electron chi connectivity index (χ2n) is 7.33. The van der Waals surface area contributed by atoms with E-state index in [2.05, 4.69) is 26.6 Å². The summed E-state index contributed by atoms with van der Waals surface area (Å²) in [5, 5.41) is 5.75. The summed E-state index contributed by atoms with van der Waals surface area (Å²) in [7, 11) is 1.65. The maximum absolute atomic E-state index is 12.5. The lowest BCUT2D eigenvalue weighted by Gasteiger charge is -2.34. The number of carbonyl (C=O) groups excluding carboxylic acids is 2. The van der Waals surface area contributed by atoms with E-state index in [4.69, 9.17) is 4.74 Å². The SMILES string of the molecule is COc1ccc(CN2CCNC(=O)[C@@H]2CC(=O)NCc2cccc(C)n2)cc1C. The summed E-state index contributed by atoms with van der Waals surface area (Å²) in [5.74, 6) is 0.572. The summed E-state index contributed by atoms with van der Waals surface area (Å²) < 4.78 is 5.32. The fraction of sp³-hybridized carbons (Fsp3) is 0.409. The molecule has 2 heterocycles. The van der Waals surface area contributed by atoms with Gasteiger partial charge in [0.15, 0.2) is 0 Å². The summed E-state index contributed by atoms with van der Waals surface area (Å²) in [6, 6.07) is 11.2. The van der Waals surface area contributed by atoms with Gasteiger partial charge in [-0.1, -0.05) is 18.2 Å². The normalized spacial score (nSPS) is 16.9. The van der Waals surface area contributed by atoms with Gasteiger partial charge in [0.2, 0.25) is 11.8 Å². The molecule has 1 aromatic heterocycles. The molecule has 1 fully saturated rings. The van der Waals surface area contributed by atoms with Crippen LogP contribution in [-0.4, -0.2) is 47.9 Å². The molecule has 7 nitrogen and oxygen atoms in total. The first-order valence-corrected chi connectivity index (χ1v) is 9.81. The van der Waals surface area contributed by atoms with Crippen LogP contribution in [0.5, 0.6) is 5.75 Å². The van der Waals surface area contributed by atoms with Crippen LogP contribution in [-0.2, 0) is 22.7 Å². The van der Waals surface area contributed by atoms with Crippen molar-refractivity contribution in [3.8, 4) is 5.75 Å². The van der Waals surface area contributed by atoms with E-state index in [1.165, 1.54) is 0 Å². The van der Waals surface area contributed by atoms with Crippen LogP contribution in [0.15, 0.2) is 36.4 Å². The fourth-order valence-electron chi connectivity index (χ4n) is 3.58. The quantitative estimate of drug-likeness (QED) is 0.745. The standard InChI is InChI=1S/C22H28N4O3/c1-15-11-17(7-8-20(15)29-3)14-26-10-9-23-22(28)19(26)12-21(27)24-13-18-6-4-5-16(2)25-18/h4-8,11,19H,9-10,12-14H2,1-3H3,(H,23,28)(H,24,27)/t19-/m0/s1. The second-order valence-corrected chi connectivity index (χ2v) is 7.33. The first kappa shape index (κ1) is 20.8. The minimum absolute atomic E-state index is 0.106. The van der Waals surface area contributed by atoms with Gasteiger partial charge in [-0.05, 0) is 43.2 Å². The first-order valence-electron chi connectivity index (χ1n) is 9.81. The Bertz CT molecular complexity index is 884. The van der Waals surface area contributed by atoms with Crippen molar-refractivity contribution in [2.45, 2.75) is 39.4 Å².